The molecule has 12 heteroatoms. The highest BCUT2D eigenvalue weighted by atomic mass is 16.6. The standard InChI is InChI=1S/C49H52O12/c1-3-45(50)57-34-14-7-5-12-32-55-41-27-21-39(22-28-41)48(53)60-43-25-18-37(19-26-43)20-31-47(52)59-36-44(38-16-10-9-11-17-38)61-49(54)40-23-29-42(30-24-40)56-33-13-6-8-15-35-58-46(51)4-2/h3-4,9-11,16-31,44H,1-2,5-8,12-15,32-36H2/t44-/m0/s1. The number of unbranched alkanes of at least 4 members (excludes halogenated alkanes) is 6. The Morgan fingerprint density at radius 3 is 1.48 bits per heavy atom. The maximum atomic E-state index is 13.1. The van der Waals surface area contributed by atoms with E-state index in [2.05, 4.69) is 13.2 Å². The van der Waals surface area contributed by atoms with E-state index in [1.165, 1.54) is 6.08 Å². The van der Waals surface area contributed by atoms with Gasteiger partial charge in [-0.3, -0.25) is 0 Å². The molecule has 0 bridgehead atoms. The van der Waals surface area contributed by atoms with Gasteiger partial charge in [0.2, 0.25) is 0 Å². The molecule has 4 aromatic rings. The quantitative estimate of drug-likeness (QED) is 0.0185. The van der Waals surface area contributed by atoms with Gasteiger partial charge in [-0.2, -0.15) is 0 Å². The molecule has 1 atom stereocenters. The van der Waals surface area contributed by atoms with Crippen LogP contribution in [0.5, 0.6) is 17.2 Å². The topological polar surface area (TPSA) is 150 Å². The molecule has 0 fully saturated rings. The average molecular weight is 833 g/mol. The summed E-state index contributed by atoms with van der Waals surface area (Å²) in [6.45, 7) is 8.30. The molecule has 0 aromatic heterocycles. The van der Waals surface area contributed by atoms with Gasteiger partial charge in [0.15, 0.2) is 6.10 Å². The van der Waals surface area contributed by atoms with Crippen molar-refractivity contribution < 1.29 is 57.1 Å². The predicted octanol–water partition coefficient (Wildman–Crippen LogP) is 9.40. The Labute approximate surface area is 356 Å². The smallest absolute Gasteiger partial charge is 0.343 e. The van der Waals surface area contributed by atoms with Crippen molar-refractivity contribution in [3.63, 3.8) is 0 Å². The summed E-state index contributed by atoms with van der Waals surface area (Å²) in [7, 11) is 0. The molecule has 0 saturated heterocycles. The van der Waals surface area contributed by atoms with Crippen LogP contribution in [0, 0.1) is 0 Å². The summed E-state index contributed by atoms with van der Waals surface area (Å²) < 4.78 is 38.3. The van der Waals surface area contributed by atoms with Crippen molar-refractivity contribution in [2.24, 2.45) is 0 Å². The van der Waals surface area contributed by atoms with Crippen LogP contribution in [0.2, 0.25) is 0 Å². The molecule has 0 saturated carbocycles. The van der Waals surface area contributed by atoms with E-state index >= 15 is 0 Å². The molecule has 0 aliphatic heterocycles. The number of ether oxygens (including phenoxy) is 7. The zero-order valence-corrected chi connectivity index (χ0v) is 34.2. The van der Waals surface area contributed by atoms with E-state index in [1.807, 2.05) is 6.07 Å². The number of hydrogen-bond donors (Lipinski definition) is 0. The Morgan fingerprint density at radius 2 is 0.967 bits per heavy atom. The minimum atomic E-state index is -0.857. The third kappa shape index (κ3) is 18.2. The van der Waals surface area contributed by atoms with E-state index in [-0.39, 0.29) is 6.61 Å². The van der Waals surface area contributed by atoms with Crippen molar-refractivity contribution in [2.45, 2.75) is 57.5 Å². The molecule has 12 nitrogen and oxygen atoms in total. The Balaban J connectivity index is 1.17. The van der Waals surface area contributed by atoms with Gasteiger partial charge >= 0.3 is 29.8 Å². The molecule has 0 amide bonds. The zero-order chi connectivity index (χ0) is 43.5. The van der Waals surface area contributed by atoms with Crippen LogP contribution in [-0.2, 0) is 33.3 Å². The third-order valence-electron chi connectivity index (χ3n) is 8.92. The van der Waals surface area contributed by atoms with Crippen LogP contribution >= 0.6 is 0 Å². The van der Waals surface area contributed by atoms with Gasteiger partial charge < -0.3 is 33.2 Å². The second-order valence-electron chi connectivity index (χ2n) is 13.5. The van der Waals surface area contributed by atoms with Crippen LogP contribution in [0.25, 0.3) is 6.08 Å². The second-order valence-corrected chi connectivity index (χ2v) is 13.5. The summed E-state index contributed by atoms with van der Waals surface area (Å²) in [5, 5.41) is 0. The van der Waals surface area contributed by atoms with E-state index in [0.29, 0.717) is 65.9 Å². The molecule has 0 radical (unpaired) electrons. The fourth-order valence-electron chi connectivity index (χ4n) is 5.58. The molecule has 61 heavy (non-hydrogen) atoms. The molecular weight excluding hydrogens is 781 g/mol. The number of carbonyl (C=O) groups excluding carboxylic acids is 5. The molecule has 0 spiro atoms. The van der Waals surface area contributed by atoms with E-state index in [9.17, 15) is 24.0 Å². The van der Waals surface area contributed by atoms with Gasteiger partial charge in [0.05, 0.1) is 37.6 Å². The van der Waals surface area contributed by atoms with Crippen LogP contribution in [0.15, 0.2) is 135 Å². The fraction of sp³-hybridized carbons (Fsp3) is 0.286. The van der Waals surface area contributed by atoms with Crippen molar-refractivity contribution in [1.82, 2.24) is 0 Å². The summed E-state index contributed by atoms with van der Waals surface area (Å²) in [4.78, 5) is 60.7. The van der Waals surface area contributed by atoms with Crippen molar-refractivity contribution in [1.29, 1.82) is 0 Å². The molecule has 320 valence electrons. The lowest BCUT2D eigenvalue weighted by Crippen LogP contribution is -2.18. The van der Waals surface area contributed by atoms with Crippen LogP contribution in [0.1, 0.15) is 89.3 Å². The van der Waals surface area contributed by atoms with E-state index in [4.69, 9.17) is 33.2 Å². The van der Waals surface area contributed by atoms with Crippen molar-refractivity contribution in [2.75, 3.05) is 33.0 Å². The molecule has 4 aromatic carbocycles. The van der Waals surface area contributed by atoms with Gasteiger partial charge in [-0.05, 0) is 129 Å². The first kappa shape index (κ1) is 46.7. The van der Waals surface area contributed by atoms with E-state index in [1.54, 1.807) is 103 Å². The van der Waals surface area contributed by atoms with E-state index in [0.717, 1.165) is 63.5 Å². The lowest BCUT2D eigenvalue weighted by atomic mass is 10.1. The lowest BCUT2D eigenvalue weighted by Gasteiger charge is -2.18. The zero-order valence-electron chi connectivity index (χ0n) is 34.2. The Hall–Kier alpha value is -6.95. The van der Waals surface area contributed by atoms with Gasteiger partial charge in [-0.15, -0.1) is 0 Å². The van der Waals surface area contributed by atoms with Crippen molar-refractivity contribution >= 4 is 35.9 Å². The number of carbonyl (C=O) groups is 5. The maximum absolute atomic E-state index is 13.1. The van der Waals surface area contributed by atoms with Gasteiger partial charge in [0.1, 0.15) is 23.9 Å². The fourth-order valence-corrected chi connectivity index (χ4v) is 5.58. The summed E-state index contributed by atoms with van der Waals surface area (Å²) >= 11 is 0. The highest BCUT2D eigenvalue weighted by molar-refractivity contribution is 5.91. The van der Waals surface area contributed by atoms with Crippen LogP contribution in [-0.4, -0.2) is 62.9 Å². The minimum Gasteiger partial charge on any atom is -0.494 e. The van der Waals surface area contributed by atoms with Crippen LogP contribution in [0.4, 0.5) is 0 Å². The van der Waals surface area contributed by atoms with Gasteiger partial charge in [0.25, 0.3) is 0 Å². The summed E-state index contributed by atoms with van der Waals surface area (Å²) in [6.07, 6.45) is 11.2. The first-order chi connectivity index (χ1) is 29.7. The Morgan fingerprint density at radius 1 is 0.492 bits per heavy atom. The van der Waals surface area contributed by atoms with E-state index < -0.39 is 36.0 Å². The lowest BCUT2D eigenvalue weighted by molar-refractivity contribution is -0.141. The first-order valence-corrected chi connectivity index (χ1v) is 20.2. The van der Waals surface area contributed by atoms with Gasteiger partial charge in [-0.1, -0.05) is 55.6 Å². The van der Waals surface area contributed by atoms with Gasteiger partial charge in [0, 0.05) is 18.2 Å². The van der Waals surface area contributed by atoms with Crippen LogP contribution < -0.4 is 14.2 Å². The normalized spacial score (nSPS) is 11.1. The third-order valence-corrected chi connectivity index (χ3v) is 8.92. The number of hydrogen-bond acceptors (Lipinski definition) is 12. The minimum absolute atomic E-state index is 0.212. The summed E-state index contributed by atoms with van der Waals surface area (Å²) in [5.41, 5.74) is 1.99. The monoisotopic (exact) mass is 832 g/mol. The molecule has 4 rings (SSSR count). The first-order valence-electron chi connectivity index (χ1n) is 20.2. The predicted molar refractivity (Wildman–Crippen MR) is 229 cm³/mol. The molecular formula is C49H52O12. The number of esters is 5. The molecule has 0 N–H and O–H groups in total. The summed E-state index contributed by atoms with van der Waals surface area (Å²) in [5.74, 6) is -1.01. The Kier molecular flexibility index (Phi) is 20.6. The largest absolute Gasteiger partial charge is 0.494 e. The van der Waals surface area contributed by atoms with Crippen molar-refractivity contribution in [3.8, 4) is 17.2 Å². The Bertz CT molecular complexity index is 2020. The van der Waals surface area contributed by atoms with Gasteiger partial charge in [-0.25, -0.2) is 24.0 Å². The van der Waals surface area contributed by atoms with Crippen LogP contribution in [0.3, 0.4) is 0 Å². The highest BCUT2D eigenvalue weighted by Crippen LogP contribution is 2.22. The second kappa shape index (κ2) is 26.9. The SMILES string of the molecule is C=CC(=O)OCCCCCCOc1ccc(C(=O)Oc2ccc(C=CC(=O)OC[C@H](OC(=O)c3ccc(OCCCCCCOC(=O)C=C)cc3)c3ccccc3)cc2)cc1. The summed E-state index contributed by atoms with van der Waals surface area (Å²) in [6, 6.07) is 28.9. The van der Waals surface area contributed by atoms with Crippen molar-refractivity contribution in [3.05, 3.63) is 157 Å². The molecule has 0 heterocycles. The molecule has 0 aliphatic carbocycles. The number of rotatable bonds is 27. The average Bonchev–Trinajstić information content (AvgIpc) is 3.29. The maximum Gasteiger partial charge on any atom is 0.343 e. The number of benzene rings is 4. The molecule has 0 unspecified atom stereocenters. The molecule has 0 aliphatic rings. The highest BCUT2D eigenvalue weighted by Gasteiger charge is 2.20.